The molecule has 21 heavy (non-hydrogen) atoms. The van der Waals surface area contributed by atoms with Crippen LogP contribution in [0.25, 0.3) is 15.9 Å². The summed E-state index contributed by atoms with van der Waals surface area (Å²) in [4.78, 5) is 21.3. The van der Waals surface area contributed by atoms with Crippen LogP contribution in [0.5, 0.6) is 0 Å². The van der Waals surface area contributed by atoms with Gasteiger partial charge in [0, 0.05) is 12.4 Å². The zero-order chi connectivity index (χ0) is 14.4. The molecular formula is C15H12N4OS. The molecule has 4 rings (SSSR count). The summed E-state index contributed by atoms with van der Waals surface area (Å²) >= 11 is 1.42. The minimum Gasteiger partial charge on any atom is -0.307 e. The van der Waals surface area contributed by atoms with E-state index < -0.39 is 0 Å². The highest BCUT2D eigenvalue weighted by molar-refractivity contribution is 7.17. The number of nitrogens with zero attached hydrogens (tertiary/aromatic N) is 4. The van der Waals surface area contributed by atoms with Crippen LogP contribution in [0.4, 0.5) is 0 Å². The van der Waals surface area contributed by atoms with Gasteiger partial charge in [0.05, 0.1) is 24.1 Å². The fourth-order valence-corrected chi connectivity index (χ4v) is 3.24. The maximum Gasteiger partial charge on any atom is 0.271 e. The largest absolute Gasteiger partial charge is 0.307 e. The van der Waals surface area contributed by atoms with Gasteiger partial charge < -0.3 is 4.40 Å². The molecule has 0 aliphatic heterocycles. The zero-order valence-corrected chi connectivity index (χ0v) is 12.2. The van der Waals surface area contributed by atoms with Crippen molar-refractivity contribution in [1.29, 1.82) is 0 Å². The molecule has 104 valence electrons. The van der Waals surface area contributed by atoms with Gasteiger partial charge in [-0.15, -0.1) is 11.3 Å². The number of aryl methyl sites for hydroxylation is 1. The fourth-order valence-electron chi connectivity index (χ4n) is 2.45. The van der Waals surface area contributed by atoms with Crippen LogP contribution >= 0.6 is 11.3 Å². The number of hydrogen-bond acceptors (Lipinski definition) is 4. The van der Waals surface area contributed by atoms with Gasteiger partial charge in [-0.3, -0.25) is 9.36 Å². The third-order valence-corrected chi connectivity index (χ3v) is 4.39. The molecule has 0 amide bonds. The maximum absolute atomic E-state index is 12.4. The predicted octanol–water partition coefficient (Wildman–Crippen LogP) is 2.46. The Balaban J connectivity index is 1.80. The Morgan fingerprint density at radius 1 is 1.33 bits per heavy atom. The monoisotopic (exact) mass is 296 g/mol. The van der Waals surface area contributed by atoms with Gasteiger partial charge in [0.25, 0.3) is 5.56 Å². The second-order valence-electron chi connectivity index (χ2n) is 4.97. The Labute approximate surface area is 124 Å². The first-order valence-corrected chi connectivity index (χ1v) is 7.46. The number of pyridine rings is 1. The summed E-state index contributed by atoms with van der Waals surface area (Å²) in [5, 5.41) is 1.89. The molecule has 0 atom stereocenters. The van der Waals surface area contributed by atoms with Crippen molar-refractivity contribution in [1.82, 2.24) is 18.9 Å². The first-order valence-electron chi connectivity index (χ1n) is 6.58. The van der Waals surface area contributed by atoms with E-state index in [0.29, 0.717) is 11.2 Å². The Morgan fingerprint density at radius 2 is 2.24 bits per heavy atom. The molecule has 0 aliphatic rings. The highest BCUT2D eigenvalue weighted by Gasteiger charge is 2.08. The number of imidazole rings is 1. The van der Waals surface area contributed by atoms with Gasteiger partial charge in [0.2, 0.25) is 0 Å². The molecule has 0 aliphatic carbocycles. The van der Waals surface area contributed by atoms with Crippen LogP contribution in [-0.4, -0.2) is 18.9 Å². The molecule has 0 N–H and O–H groups in total. The van der Waals surface area contributed by atoms with Crippen molar-refractivity contribution in [2.45, 2.75) is 13.5 Å². The van der Waals surface area contributed by atoms with E-state index in [1.165, 1.54) is 11.3 Å². The minimum absolute atomic E-state index is 0.0104. The molecule has 0 saturated carbocycles. The lowest BCUT2D eigenvalue weighted by Gasteiger charge is -2.01. The van der Waals surface area contributed by atoms with Crippen molar-refractivity contribution < 1.29 is 0 Å². The lowest BCUT2D eigenvalue weighted by Crippen LogP contribution is -2.20. The van der Waals surface area contributed by atoms with Gasteiger partial charge in [0.15, 0.2) is 0 Å². The molecule has 4 aromatic rings. The standard InChI is InChI=1S/C15H12N4OS/c1-10-3-2-5-18-7-11(17-14(10)18)8-19-9-16-12-4-6-21-13(12)15(19)20/h2-7,9H,8H2,1H3. The number of thiophene rings is 1. The molecule has 0 spiro atoms. The van der Waals surface area contributed by atoms with E-state index in [9.17, 15) is 4.79 Å². The third kappa shape index (κ3) is 1.95. The second kappa shape index (κ2) is 4.53. The Bertz CT molecular complexity index is 1010. The molecule has 0 bridgehead atoms. The summed E-state index contributed by atoms with van der Waals surface area (Å²) in [5.41, 5.74) is 3.63. The van der Waals surface area contributed by atoms with Gasteiger partial charge in [-0.2, -0.15) is 0 Å². The van der Waals surface area contributed by atoms with Crippen LogP contribution in [0.3, 0.4) is 0 Å². The molecule has 0 unspecified atom stereocenters. The van der Waals surface area contributed by atoms with Crippen molar-refractivity contribution >= 4 is 27.2 Å². The van der Waals surface area contributed by atoms with Crippen LogP contribution < -0.4 is 5.56 Å². The number of aromatic nitrogens is 4. The smallest absolute Gasteiger partial charge is 0.271 e. The SMILES string of the molecule is Cc1cccn2cc(Cn3cnc4ccsc4c3=O)nc12. The Kier molecular flexibility index (Phi) is 2.65. The molecule has 6 heteroatoms. The lowest BCUT2D eigenvalue weighted by atomic mass is 10.3. The quantitative estimate of drug-likeness (QED) is 0.571. The van der Waals surface area contributed by atoms with Gasteiger partial charge >= 0.3 is 0 Å². The fraction of sp³-hybridized carbons (Fsp3) is 0.133. The molecule has 0 saturated heterocycles. The molecule has 4 aromatic heterocycles. The number of hydrogen-bond donors (Lipinski definition) is 0. The molecule has 0 radical (unpaired) electrons. The zero-order valence-electron chi connectivity index (χ0n) is 11.4. The van der Waals surface area contributed by atoms with Crippen LogP contribution in [0.15, 0.2) is 47.1 Å². The van der Waals surface area contributed by atoms with E-state index in [4.69, 9.17) is 0 Å². The number of fused-ring (bicyclic) bond motifs is 2. The van der Waals surface area contributed by atoms with Crippen molar-refractivity contribution in [3.63, 3.8) is 0 Å². The molecule has 5 nitrogen and oxygen atoms in total. The molecule has 0 fully saturated rings. The average molecular weight is 296 g/mol. The van der Waals surface area contributed by atoms with Gasteiger partial charge in [0.1, 0.15) is 10.3 Å². The lowest BCUT2D eigenvalue weighted by molar-refractivity contribution is 0.735. The van der Waals surface area contributed by atoms with E-state index in [-0.39, 0.29) is 5.56 Å². The topological polar surface area (TPSA) is 52.2 Å². The Hall–Kier alpha value is -2.47. The van der Waals surface area contributed by atoms with Crippen molar-refractivity contribution in [3.05, 3.63) is 63.9 Å². The summed E-state index contributed by atoms with van der Waals surface area (Å²) in [6.45, 7) is 2.46. The van der Waals surface area contributed by atoms with E-state index in [1.54, 1.807) is 10.9 Å². The van der Waals surface area contributed by atoms with E-state index in [2.05, 4.69) is 9.97 Å². The van der Waals surface area contributed by atoms with Gasteiger partial charge in [-0.05, 0) is 30.0 Å². The number of rotatable bonds is 2. The molecule has 4 heterocycles. The van der Waals surface area contributed by atoms with Gasteiger partial charge in [-0.1, -0.05) is 6.07 Å². The van der Waals surface area contributed by atoms with E-state index >= 15 is 0 Å². The summed E-state index contributed by atoms with van der Waals surface area (Å²) < 4.78 is 4.28. The average Bonchev–Trinajstić information content (AvgIpc) is 3.09. The minimum atomic E-state index is -0.0104. The van der Waals surface area contributed by atoms with Crippen molar-refractivity contribution in [2.24, 2.45) is 0 Å². The molecule has 0 aromatic carbocycles. The summed E-state index contributed by atoms with van der Waals surface area (Å²) in [7, 11) is 0. The van der Waals surface area contributed by atoms with Crippen LogP contribution in [-0.2, 0) is 6.54 Å². The van der Waals surface area contributed by atoms with Gasteiger partial charge in [-0.25, -0.2) is 9.97 Å². The summed E-state index contributed by atoms with van der Waals surface area (Å²) in [6.07, 6.45) is 5.50. The normalized spacial score (nSPS) is 11.5. The highest BCUT2D eigenvalue weighted by atomic mass is 32.1. The maximum atomic E-state index is 12.4. The van der Waals surface area contributed by atoms with Crippen LogP contribution in [0, 0.1) is 6.92 Å². The predicted molar refractivity (Wildman–Crippen MR) is 82.9 cm³/mol. The van der Waals surface area contributed by atoms with Crippen molar-refractivity contribution in [3.8, 4) is 0 Å². The van der Waals surface area contributed by atoms with Crippen LogP contribution in [0.2, 0.25) is 0 Å². The third-order valence-electron chi connectivity index (χ3n) is 3.50. The van der Waals surface area contributed by atoms with Crippen LogP contribution in [0.1, 0.15) is 11.3 Å². The summed E-state index contributed by atoms with van der Waals surface area (Å²) in [5.74, 6) is 0. The first kappa shape index (κ1) is 12.3. The van der Waals surface area contributed by atoms with E-state index in [1.807, 2.05) is 47.3 Å². The van der Waals surface area contributed by atoms with E-state index in [0.717, 1.165) is 22.4 Å². The Morgan fingerprint density at radius 3 is 3.10 bits per heavy atom. The highest BCUT2D eigenvalue weighted by Crippen LogP contribution is 2.14. The summed E-state index contributed by atoms with van der Waals surface area (Å²) in [6, 6.07) is 5.87. The second-order valence-corrected chi connectivity index (χ2v) is 5.88. The van der Waals surface area contributed by atoms with Crippen molar-refractivity contribution in [2.75, 3.05) is 0 Å². The molecular weight excluding hydrogens is 284 g/mol. The first-order chi connectivity index (χ1) is 10.2.